The zero-order chi connectivity index (χ0) is 45.9. The van der Waals surface area contributed by atoms with E-state index in [4.69, 9.17) is 22.9 Å². The van der Waals surface area contributed by atoms with Gasteiger partial charge in [0.05, 0.1) is 33.9 Å². The number of aliphatic hydroxyl groups excluding tert-OH is 1. The first-order valence-corrected chi connectivity index (χ1v) is 25.3. The highest BCUT2D eigenvalue weighted by Crippen LogP contribution is 2.38. The molecule has 1 rings (SSSR count). The second-order valence-electron chi connectivity index (χ2n) is 17.6. The molecule has 1 unspecified atom stereocenters. The summed E-state index contributed by atoms with van der Waals surface area (Å²) in [6, 6.07) is 0. The van der Waals surface area contributed by atoms with E-state index in [0.29, 0.717) is 30.3 Å². The Bertz CT molecular complexity index is 1490. The van der Waals surface area contributed by atoms with Crippen molar-refractivity contribution in [2.24, 2.45) is 0 Å². The molecule has 0 aromatic carbocycles. The summed E-state index contributed by atoms with van der Waals surface area (Å²) in [5.74, 6) is 1.37. The Hall–Kier alpha value is -2.79. The third kappa shape index (κ3) is 32.0. The zero-order valence-electron chi connectivity index (χ0n) is 39.9. The number of ether oxygens (including phenoxy) is 2. The SMILES string of the molecule is CCCCCc1oc(CCCCCCCCCCC(=O)OC[C@H](COP(=O)([O-])OCC[N+](C)(C)C)OC(=O)CCC/C=C\C/C=C\C/C=C\C=C\[C@@H](O)CCCCC)c(C)c1C. The molecule has 3 atom stereocenters. The second kappa shape index (κ2) is 35.5. The molecule has 62 heavy (non-hydrogen) atoms. The minimum Gasteiger partial charge on any atom is -0.756 e. The third-order valence-electron chi connectivity index (χ3n) is 10.7. The number of aliphatic hydroxyl groups is 1. The number of allylic oxidation sites excluding steroid dienone is 7. The minimum atomic E-state index is -4.67. The van der Waals surface area contributed by atoms with Gasteiger partial charge in [-0.2, -0.15) is 0 Å². The highest BCUT2D eigenvalue weighted by Gasteiger charge is 2.22. The summed E-state index contributed by atoms with van der Waals surface area (Å²) in [5.41, 5.74) is 2.64. The lowest BCUT2D eigenvalue weighted by molar-refractivity contribution is -0.870. The number of carbonyl (C=O) groups excluding carboxylic acids is 2. The lowest BCUT2D eigenvalue weighted by Gasteiger charge is -2.28. The number of unbranched alkanes of at least 4 members (excludes halogenated alkanes) is 12. The van der Waals surface area contributed by atoms with Gasteiger partial charge < -0.3 is 37.4 Å². The molecule has 0 amide bonds. The molecule has 11 nitrogen and oxygen atoms in total. The first kappa shape index (κ1) is 57.2. The summed E-state index contributed by atoms with van der Waals surface area (Å²) < 4.78 is 40.1. The minimum absolute atomic E-state index is 0.0575. The smallest absolute Gasteiger partial charge is 0.306 e. The van der Waals surface area contributed by atoms with Crippen molar-refractivity contribution in [3.63, 3.8) is 0 Å². The van der Waals surface area contributed by atoms with Crippen molar-refractivity contribution in [1.29, 1.82) is 0 Å². The van der Waals surface area contributed by atoms with Crippen LogP contribution in [0.3, 0.4) is 0 Å². The number of quaternary nitrogens is 1. The number of furan rings is 1. The van der Waals surface area contributed by atoms with Crippen LogP contribution in [0.2, 0.25) is 0 Å². The molecule has 0 saturated heterocycles. The molecule has 0 spiro atoms. The maximum absolute atomic E-state index is 12.7. The summed E-state index contributed by atoms with van der Waals surface area (Å²) in [6.07, 6.45) is 35.8. The van der Waals surface area contributed by atoms with Gasteiger partial charge in [0.25, 0.3) is 7.82 Å². The van der Waals surface area contributed by atoms with Crippen molar-refractivity contribution in [1.82, 2.24) is 0 Å². The highest BCUT2D eigenvalue weighted by atomic mass is 31.2. The standard InChI is InChI=1S/C50H86NO10P/c1-8-10-27-33-45(52)34-29-23-19-15-13-12-14-16-22-26-32-38-50(54)60-46(42-59-62(55,56)58-40-39-51(5,6)7)41-57-49(53)37-31-25-21-18-17-20-24-30-36-48-44(4)43(3)47(61-48)35-28-11-9-2/h12-13,16,19,22-23,29,34,45-46,52H,8-11,14-15,17-18,20-21,24-28,30-33,35-42H2,1-7H3/b13-12-,22-16-,23-19-,34-29+/t45-,46+/m0/s1. The fourth-order valence-corrected chi connectivity index (χ4v) is 7.31. The maximum atomic E-state index is 12.7. The van der Waals surface area contributed by atoms with Crippen molar-refractivity contribution in [2.45, 2.75) is 188 Å². The van der Waals surface area contributed by atoms with E-state index in [2.05, 4.69) is 39.8 Å². The number of esters is 2. The first-order chi connectivity index (χ1) is 29.7. The van der Waals surface area contributed by atoms with Crippen LogP contribution < -0.4 is 4.89 Å². The third-order valence-corrected chi connectivity index (χ3v) is 11.6. The number of hydrogen-bond acceptors (Lipinski definition) is 10. The van der Waals surface area contributed by atoms with Crippen LogP contribution in [0, 0.1) is 13.8 Å². The van der Waals surface area contributed by atoms with E-state index in [1.807, 2.05) is 57.6 Å². The van der Waals surface area contributed by atoms with Crippen molar-refractivity contribution >= 4 is 19.8 Å². The molecule has 1 N–H and O–H groups in total. The van der Waals surface area contributed by atoms with Crippen molar-refractivity contribution < 1.29 is 51.6 Å². The number of hydrogen-bond donors (Lipinski definition) is 1. The largest absolute Gasteiger partial charge is 0.756 e. The van der Waals surface area contributed by atoms with Crippen LogP contribution in [0.5, 0.6) is 0 Å². The van der Waals surface area contributed by atoms with Crippen molar-refractivity contribution in [2.75, 3.05) is 47.5 Å². The van der Waals surface area contributed by atoms with E-state index in [1.165, 1.54) is 49.0 Å². The fourth-order valence-electron chi connectivity index (χ4n) is 6.58. The Morgan fingerprint density at radius 2 is 1.27 bits per heavy atom. The number of likely N-dealkylation sites (N-methyl/N-ethyl adjacent to an activating group) is 1. The number of rotatable bonds is 39. The van der Waals surface area contributed by atoms with Crippen LogP contribution in [0.15, 0.2) is 53.0 Å². The van der Waals surface area contributed by atoms with E-state index in [0.717, 1.165) is 89.2 Å². The summed E-state index contributed by atoms with van der Waals surface area (Å²) in [7, 11) is 1.08. The molecular weight excluding hydrogens is 806 g/mol. The Morgan fingerprint density at radius 1 is 0.710 bits per heavy atom. The lowest BCUT2D eigenvalue weighted by atomic mass is 10.0. The van der Waals surface area contributed by atoms with E-state index in [-0.39, 0.29) is 32.2 Å². The molecule has 1 aromatic heterocycles. The summed E-state index contributed by atoms with van der Waals surface area (Å²) in [5, 5.41) is 9.92. The molecule has 0 aliphatic rings. The van der Waals surface area contributed by atoms with Gasteiger partial charge >= 0.3 is 11.9 Å². The number of phosphoric acid groups is 1. The Balaban J connectivity index is 2.39. The maximum Gasteiger partial charge on any atom is 0.306 e. The Labute approximate surface area is 376 Å². The Morgan fingerprint density at radius 3 is 1.92 bits per heavy atom. The molecular formula is C50H86NO10P. The van der Waals surface area contributed by atoms with E-state index < -0.39 is 32.5 Å². The average molecular weight is 892 g/mol. The summed E-state index contributed by atoms with van der Waals surface area (Å²) in [4.78, 5) is 37.7. The van der Waals surface area contributed by atoms with Gasteiger partial charge in [-0.3, -0.25) is 14.2 Å². The van der Waals surface area contributed by atoms with E-state index in [9.17, 15) is 24.2 Å². The number of nitrogens with zero attached hydrogens (tertiary/aromatic N) is 1. The zero-order valence-corrected chi connectivity index (χ0v) is 40.8. The normalized spacial score (nSPS) is 14.4. The van der Waals surface area contributed by atoms with E-state index in [1.54, 1.807) is 0 Å². The summed E-state index contributed by atoms with van der Waals surface area (Å²) >= 11 is 0. The predicted octanol–water partition coefficient (Wildman–Crippen LogP) is 11.5. The molecule has 12 heteroatoms. The molecule has 0 fully saturated rings. The molecule has 0 aliphatic heterocycles. The molecule has 0 aliphatic carbocycles. The highest BCUT2D eigenvalue weighted by molar-refractivity contribution is 7.45. The monoisotopic (exact) mass is 892 g/mol. The van der Waals surface area contributed by atoms with E-state index >= 15 is 0 Å². The van der Waals surface area contributed by atoms with Gasteiger partial charge in [-0.25, -0.2) is 0 Å². The molecule has 356 valence electrons. The number of phosphoric ester groups is 1. The molecule has 0 bridgehead atoms. The Kier molecular flexibility index (Phi) is 32.8. The van der Waals surface area contributed by atoms with Crippen LogP contribution >= 0.6 is 7.82 Å². The van der Waals surface area contributed by atoms with Crippen molar-refractivity contribution in [3.8, 4) is 0 Å². The van der Waals surface area contributed by atoms with Gasteiger partial charge in [0.15, 0.2) is 6.10 Å². The molecule has 1 aromatic rings. The quantitative estimate of drug-likeness (QED) is 0.0169. The van der Waals surface area contributed by atoms with Gasteiger partial charge in [0, 0.05) is 25.7 Å². The second-order valence-corrected chi connectivity index (χ2v) is 19.0. The van der Waals surface area contributed by atoms with Crippen LogP contribution in [-0.4, -0.2) is 81.2 Å². The van der Waals surface area contributed by atoms with Gasteiger partial charge in [0.2, 0.25) is 0 Å². The van der Waals surface area contributed by atoms with Crippen molar-refractivity contribution in [3.05, 3.63) is 71.3 Å². The van der Waals surface area contributed by atoms with Crippen LogP contribution in [0.1, 0.15) is 171 Å². The first-order valence-electron chi connectivity index (χ1n) is 23.8. The topological polar surface area (TPSA) is 145 Å². The van der Waals surface area contributed by atoms with Crippen LogP contribution in [0.25, 0.3) is 0 Å². The van der Waals surface area contributed by atoms with Gasteiger partial charge in [-0.15, -0.1) is 0 Å². The molecule has 0 saturated carbocycles. The van der Waals surface area contributed by atoms with Crippen LogP contribution in [0.4, 0.5) is 0 Å². The van der Waals surface area contributed by atoms with Gasteiger partial charge in [-0.05, 0) is 76.3 Å². The number of carbonyl (C=O) groups is 2. The summed E-state index contributed by atoms with van der Waals surface area (Å²) in [6.45, 7) is 8.32. The fraction of sp³-hybridized carbons (Fsp3) is 0.720. The van der Waals surface area contributed by atoms with Gasteiger partial charge in [0.1, 0.15) is 31.3 Å². The number of aryl methyl sites for hydroxylation is 2. The molecule has 1 heterocycles. The lowest BCUT2D eigenvalue weighted by Crippen LogP contribution is -2.37. The molecule has 0 radical (unpaired) electrons. The van der Waals surface area contributed by atoms with Gasteiger partial charge in [-0.1, -0.05) is 133 Å². The average Bonchev–Trinajstić information content (AvgIpc) is 3.48. The van der Waals surface area contributed by atoms with Crippen LogP contribution in [-0.2, 0) is 45.5 Å². The predicted molar refractivity (Wildman–Crippen MR) is 250 cm³/mol.